The molecule has 146 valence electrons. The van der Waals surface area contributed by atoms with Gasteiger partial charge in [0, 0.05) is 13.8 Å². The molecule has 1 aromatic heterocycles. The molecule has 1 aromatic rings. The number of esters is 3. The van der Waals surface area contributed by atoms with Gasteiger partial charge in [0.25, 0.3) is 0 Å². The first-order valence-corrected chi connectivity index (χ1v) is 7.95. The highest BCUT2D eigenvalue weighted by Gasteiger charge is 2.36. The maximum atomic E-state index is 12.1. The second-order valence-electron chi connectivity index (χ2n) is 4.71. The minimum absolute atomic E-state index is 0.0159. The van der Waals surface area contributed by atoms with Crippen molar-refractivity contribution >= 4 is 17.9 Å². The normalized spacial score (nSPS) is 10.4. The van der Waals surface area contributed by atoms with Gasteiger partial charge in [0.2, 0.25) is 0 Å². The van der Waals surface area contributed by atoms with Gasteiger partial charge in [-0.25, -0.2) is 37.6 Å². The summed E-state index contributed by atoms with van der Waals surface area (Å²) in [7, 11) is 0.285. The van der Waals surface area contributed by atoms with Crippen molar-refractivity contribution < 1.29 is 62.0 Å². The fraction of sp³-hybridized carbons (Fsp3) is 0.429. The third kappa shape index (κ3) is 5.89. The number of methoxy groups -OCH3 is 3. The highest BCUT2D eigenvalue weighted by Crippen LogP contribution is 2.22. The number of carbonyl (C=O) groups excluding carboxylic acids is 3. The second-order valence-corrected chi connectivity index (χ2v) is 5.46. The summed E-state index contributed by atoms with van der Waals surface area (Å²) in [6, 6.07) is 0. The molecule has 0 aliphatic carbocycles. The second kappa shape index (κ2) is 9.40. The molecule has 0 spiro atoms. The van der Waals surface area contributed by atoms with Gasteiger partial charge in [0.05, 0.1) is 21.3 Å². The lowest BCUT2D eigenvalue weighted by molar-refractivity contribution is -2.00. The number of carbonyl (C=O) groups is 3. The number of pyridine rings is 1. The molecule has 0 fully saturated rings. The van der Waals surface area contributed by atoms with E-state index < -0.39 is 28.2 Å². The number of aromatic nitrogens is 1. The van der Waals surface area contributed by atoms with Crippen molar-refractivity contribution in [1.29, 1.82) is 0 Å². The molecule has 0 aromatic carbocycles. The Morgan fingerprint density at radius 1 is 0.731 bits per heavy atom. The largest absolute Gasteiger partial charge is 0.465 e. The van der Waals surface area contributed by atoms with E-state index in [4.69, 9.17) is 32.8 Å². The summed E-state index contributed by atoms with van der Waals surface area (Å²) in [5, 5.41) is 0. The van der Waals surface area contributed by atoms with Crippen LogP contribution < -0.4 is 23.2 Å². The highest BCUT2D eigenvalue weighted by molar-refractivity contribution is 6.10. The van der Waals surface area contributed by atoms with Gasteiger partial charge in [-0.3, -0.25) is 0 Å². The number of rotatable bonds is 3. The molecule has 0 unspecified atom stereocenters. The van der Waals surface area contributed by atoms with E-state index in [1.807, 2.05) is 0 Å². The zero-order valence-electron chi connectivity index (χ0n) is 14.9. The van der Waals surface area contributed by atoms with Crippen LogP contribution >= 0.6 is 0 Å². The molecule has 11 nitrogen and oxygen atoms in total. The average molecular weight is 396 g/mol. The summed E-state index contributed by atoms with van der Waals surface area (Å²) in [5.41, 5.74) is 0.778. The molecule has 0 saturated heterocycles. The minimum atomic E-state index is -4.94. The van der Waals surface area contributed by atoms with E-state index in [0.717, 1.165) is 0 Å². The quantitative estimate of drug-likeness (QED) is 0.276. The van der Waals surface area contributed by atoms with Crippen LogP contribution in [0.25, 0.3) is 0 Å². The van der Waals surface area contributed by atoms with Crippen molar-refractivity contribution in [3.05, 3.63) is 28.1 Å². The molecule has 0 aliphatic heterocycles. The Morgan fingerprint density at radius 3 is 1.19 bits per heavy atom. The lowest BCUT2D eigenvalue weighted by Crippen LogP contribution is -2.68. The molecule has 12 heteroatoms. The van der Waals surface area contributed by atoms with Crippen molar-refractivity contribution in [2.45, 2.75) is 13.8 Å². The molecule has 1 rings (SSSR count). The first-order chi connectivity index (χ1) is 11.8. The van der Waals surface area contributed by atoms with Gasteiger partial charge in [-0.1, -0.05) is 0 Å². The van der Waals surface area contributed by atoms with Crippen LogP contribution in [0.1, 0.15) is 42.5 Å². The van der Waals surface area contributed by atoms with E-state index in [2.05, 4.69) is 0 Å². The molecule has 0 bridgehead atoms. The lowest BCUT2D eigenvalue weighted by Gasteiger charge is -2.17. The highest BCUT2D eigenvalue weighted by atomic mass is 35.7. The van der Waals surface area contributed by atoms with Crippen LogP contribution in [0.5, 0.6) is 0 Å². The number of halogens is 1. The van der Waals surface area contributed by atoms with Crippen molar-refractivity contribution in [3.8, 4) is 0 Å². The van der Waals surface area contributed by atoms with Crippen molar-refractivity contribution in [2.75, 3.05) is 21.3 Å². The fourth-order valence-electron chi connectivity index (χ4n) is 2.08. The van der Waals surface area contributed by atoms with E-state index in [1.54, 1.807) is 25.5 Å². The van der Waals surface area contributed by atoms with E-state index in [9.17, 15) is 14.4 Å². The Hall–Kier alpha value is -2.31. The van der Waals surface area contributed by atoms with Crippen molar-refractivity contribution in [1.82, 2.24) is 0 Å². The Balaban J connectivity index is 0.00000110. The summed E-state index contributed by atoms with van der Waals surface area (Å²) >= 11 is 0. The van der Waals surface area contributed by atoms with Crippen LogP contribution in [-0.2, 0) is 21.3 Å². The first-order valence-electron chi connectivity index (χ1n) is 6.71. The zero-order valence-corrected chi connectivity index (χ0v) is 15.7. The molecule has 0 aliphatic rings. The topological polar surface area (TPSA) is 175 Å². The van der Waals surface area contributed by atoms with E-state index in [1.165, 1.54) is 21.3 Å². The van der Waals surface area contributed by atoms with Gasteiger partial charge in [-0.15, -0.1) is 10.2 Å². The number of ether oxygens (including phenoxy) is 3. The van der Waals surface area contributed by atoms with Crippen LogP contribution in [0.3, 0.4) is 0 Å². The molecular weight excluding hydrogens is 378 g/mol. The Bertz CT molecular complexity index is 662. The van der Waals surface area contributed by atoms with Crippen LogP contribution in [-0.4, -0.2) is 39.2 Å². The summed E-state index contributed by atoms with van der Waals surface area (Å²) in [6.45, 7) is 3.29. The first kappa shape index (κ1) is 23.7. The average Bonchev–Trinajstić information content (AvgIpc) is 2.55. The number of nitrogens with zero attached hydrogens (tertiary/aromatic N) is 1. The third-order valence-corrected chi connectivity index (χ3v) is 3.40. The van der Waals surface area contributed by atoms with Crippen molar-refractivity contribution in [3.63, 3.8) is 0 Å². The van der Waals surface area contributed by atoms with E-state index in [0.29, 0.717) is 11.4 Å². The SMILES string of the molecule is COC(=O)c1c(C(=O)OC)c(C)[n+](C)c(C)c1C(=O)OC.[O-][Cl+3]([O-])([O-])[O-]. The number of hydrogen-bond acceptors (Lipinski definition) is 10. The molecular formula is C14H18ClNO10. The van der Waals surface area contributed by atoms with E-state index in [-0.39, 0.29) is 16.7 Å². The molecule has 1 heterocycles. The standard InChI is InChI=1S/C14H18NO6.ClHO4/c1-7-9(12(16)19-4)11(14(18)21-6)10(13(17)20-5)8(2)15(7)3;2-1(3,4)5/h1-6H3;(H,2,3,4,5)/q+1;/p-1. The van der Waals surface area contributed by atoms with Gasteiger partial charge >= 0.3 is 17.9 Å². The maximum Gasteiger partial charge on any atom is 0.345 e. The van der Waals surface area contributed by atoms with Gasteiger partial charge in [-0.05, 0) is 0 Å². The molecule has 0 amide bonds. The van der Waals surface area contributed by atoms with Crippen LogP contribution in [0, 0.1) is 24.1 Å². The third-order valence-electron chi connectivity index (χ3n) is 3.40. The zero-order chi connectivity index (χ0) is 20.8. The number of hydrogen-bond donors (Lipinski definition) is 0. The molecule has 26 heavy (non-hydrogen) atoms. The smallest absolute Gasteiger partial charge is 0.345 e. The summed E-state index contributed by atoms with van der Waals surface area (Å²) in [4.78, 5) is 36.1. The van der Waals surface area contributed by atoms with Gasteiger partial charge in [-0.2, -0.15) is 0 Å². The molecule has 0 atom stereocenters. The Kier molecular flexibility index (Phi) is 8.57. The van der Waals surface area contributed by atoms with Crippen LogP contribution in [0.15, 0.2) is 0 Å². The molecule has 0 N–H and O–H groups in total. The minimum Gasteiger partial charge on any atom is -0.465 e. The Morgan fingerprint density at radius 2 is 0.962 bits per heavy atom. The van der Waals surface area contributed by atoms with Gasteiger partial charge < -0.3 is 14.2 Å². The predicted molar refractivity (Wildman–Crippen MR) is 71.1 cm³/mol. The van der Waals surface area contributed by atoms with Crippen molar-refractivity contribution in [2.24, 2.45) is 7.05 Å². The monoisotopic (exact) mass is 395 g/mol. The van der Waals surface area contributed by atoms with Crippen LogP contribution in [0.4, 0.5) is 0 Å². The van der Waals surface area contributed by atoms with Gasteiger partial charge in [0.1, 0.15) is 23.7 Å². The lowest BCUT2D eigenvalue weighted by atomic mass is 9.97. The fourth-order valence-corrected chi connectivity index (χ4v) is 2.08. The van der Waals surface area contributed by atoms with Gasteiger partial charge in [0.15, 0.2) is 11.4 Å². The Labute approximate surface area is 151 Å². The summed E-state index contributed by atoms with van der Waals surface area (Å²) in [6.07, 6.45) is 0. The summed E-state index contributed by atoms with van der Waals surface area (Å²) in [5.74, 6) is -2.26. The predicted octanol–water partition coefficient (Wildman–Crippen LogP) is -4.27. The maximum absolute atomic E-state index is 12.1. The van der Waals surface area contributed by atoms with Crippen LogP contribution in [0.2, 0.25) is 0 Å². The summed E-state index contributed by atoms with van der Waals surface area (Å²) < 4.78 is 49.7. The molecule has 0 saturated carbocycles. The molecule has 0 radical (unpaired) electrons. The van der Waals surface area contributed by atoms with E-state index >= 15 is 0 Å².